The maximum Gasteiger partial charge on any atom is 0.0847 e. The van der Waals surface area contributed by atoms with Gasteiger partial charge >= 0.3 is 0 Å². The Kier molecular flexibility index (Phi) is 5.15. The Morgan fingerprint density at radius 3 is 2.57 bits per heavy atom. The van der Waals surface area contributed by atoms with Gasteiger partial charge < -0.3 is 10.4 Å². The molecule has 0 fully saturated rings. The van der Waals surface area contributed by atoms with E-state index in [0.29, 0.717) is 6.54 Å². The van der Waals surface area contributed by atoms with Crippen LogP contribution in [-0.4, -0.2) is 29.9 Å². The molecule has 0 bridgehead atoms. The molecule has 2 nitrogen and oxygen atoms in total. The molecule has 0 saturated heterocycles. The van der Waals surface area contributed by atoms with Crippen LogP contribution in [0.15, 0.2) is 29.2 Å². The molecule has 0 heterocycles. The predicted octanol–water partition coefficient (Wildman–Crippen LogP) is 2.42. The quantitative estimate of drug-likeness (QED) is 0.603. The molecule has 4 heteroatoms. The minimum absolute atomic E-state index is 0.260. The van der Waals surface area contributed by atoms with Crippen LogP contribution in [0.3, 0.4) is 0 Å². The minimum Gasteiger partial charge on any atom is -0.390 e. The van der Waals surface area contributed by atoms with E-state index in [2.05, 4.69) is 5.32 Å². The number of anilines is 1. The van der Waals surface area contributed by atoms with Crippen molar-refractivity contribution in [3.8, 4) is 0 Å². The zero-order valence-electron chi connectivity index (χ0n) is 8.03. The molecule has 2 N–H and O–H groups in total. The van der Waals surface area contributed by atoms with Crippen LogP contribution in [-0.2, 0) is 0 Å². The first kappa shape index (κ1) is 11.7. The van der Waals surface area contributed by atoms with Crippen LogP contribution in [0, 0.1) is 0 Å². The molecule has 0 radical (unpaired) electrons. The summed E-state index contributed by atoms with van der Waals surface area (Å²) in [6.45, 7) is 0.488. The van der Waals surface area contributed by atoms with Crippen LogP contribution in [0.2, 0.25) is 0 Å². The Balaban J connectivity index is 2.43. The third kappa shape index (κ3) is 3.78. The van der Waals surface area contributed by atoms with Crippen molar-refractivity contribution in [1.82, 2.24) is 0 Å². The molecule has 0 saturated carbocycles. The molecular weight excluding hydrogens is 218 g/mol. The summed E-state index contributed by atoms with van der Waals surface area (Å²) in [7, 11) is 0. The predicted molar refractivity (Wildman–Crippen MR) is 63.4 cm³/mol. The van der Waals surface area contributed by atoms with Crippen LogP contribution in [0.5, 0.6) is 0 Å². The lowest BCUT2D eigenvalue weighted by atomic mass is 10.3. The molecule has 0 aromatic heterocycles. The fourth-order valence-electron chi connectivity index (χ4n) is 0.999. The number of alkyl halides is 1. The zero-order chi connectivity index (χ0) is 10.4. The fourth-order valence-corrected chi connectivity index (χ4v) is 1.52. The van der Waals surface area contributed by atoms with Crippen molar-refractivity contribution in [2.24, 2.45) is 0 Å². The van der Waals surface area contributed by atoms with Crippen molar-refractivity contribution < 1.29 is 5.11 Å². The number of halogens is 1. The van der Waals surface area contributed by atoms with Crippen LogP contribution >= 0.6 is 23.4 Å². The topological polar surface area (TPSA) is 32.3 Å². The molecule has 0 spiro atoms. The highest BCUT2D eigenvalue weighted by molar-refractivity contribution is 7.98. The van der Waals surface area contributed by atoms with Gasteiger partial charge in [-0.25, -0.2) is 0 Å². The molecule has 78 valence electrons. The van der Waals surface area contributed by atoms with Crippen molar-refractivity contribution >= 4 is 29.1 Å². The van der Waals surface area contributed by atoms with E-state index in [1.165, 1.54) is 4.90 Å². The number of aliphatic hydroxyl groups excluding tert-OH is 1. The number of benzene rings is 1. The molecule has 0 aliphatic heterocycles. The summed E-state index contributed by atoms with van der Waals surface area (Å²) >= 11 is 7.18. The summed E-state index contributed by atoms with van der Waals surface area (Å²) in [4.78, 5) is 1.23. The lowest BCUT2D eigenvalue weighted by molar-refractivity contribution is 0.211. The van der Waals surface area contributed by atoms with Gasteiger partial charge in [0.05, 0.1) is 12.0 Å². The summed E-state index contributed by atoms with van der Waals surface area (Å²) in [6, 6.07) is 8.07. The molecule has 0 aliphatic rings. The Labute approximate surface area is 93.7 Å². The second-order valence-corrected chi connectivity index (χ2v) is 4.11. The summed E-state index contributed by atoms with van der Waals surface area (Å²) in [5, 5.41) is 12.3. The first-order valence-corrected chi connectivity index (χ1v) is 6.14. The van der Waals surface area contributed by atoms with Gasteiger partial charge in [0, 0.05) is 17.1 Å². The highest BCUT2D eigenvalue weighted by Crippen LogP contribution is 2.17. The first-order chi connectivity index (χ1) is 6.76. The lowest BCUT2D eigenvalue weighted by Gasteiger charge is -2.09. The Hall–Kier alpha value is -0.380. The first-order valence-electron chi connectivity index (χ1n) is 4.38. The highest BCUT2D eigenvalue weighted by atomic mass is 35.5. The van der Waals surface area contributed by atoms with Gasteiger partial charge in [-0.1, -0.05) is 0 Å². The van der Waals surface area contributed by atoms with Gasteiger partial charge in [0.15, 0.2) is 0 Å². The summed E-state index contributed by atoms with van der Waals surface area (Å²) in [6.07, 6.45) is 1.55. The Morgan fingerprint density at radius 2 is 2.07 bits per heavy atom. The van der Waals surface area contributed by atoms with Gasteiger partial charge in [0.1, 0.15) is 0 Å². The molecule has 1 aromatic carbocycles. The second kappa shape index (κ2) is 6.17. The average molecular weight is 232 g/mol. The van der Waals surface area contributed by atoms with Gasteiger partial charge in [-0.15, -0.1) is 23.4 Å². The molecule has 0 aliphatic carbocycles. The van der Waals surface area contributed by atoms with E-state index in [4.69, 9.17) is 11.6 Å². The van der Waals surface area contributed by atoms with Gasteiger partial charge in [-0.3, -0.25) is 0 Å². The molecule has 1 unspecified atom stereocenters. The molecule has 1 rings (SSSR count). The van der Waals surface area contributed by atoms with E-state index in [0.717, 1.165) is 5.69 Å². The van der Waals surface area contributed by atoms with Crippen LogP contribution < -0.4 is 5.32 Å². The fraction of sp³-hybridized carbons (Fsp3) is 0.400. The number of nitrogens with one attached hydrogen (secondary N) is 1. The van der Waals surface area contributed by atoms with Gasteiger partial charge in [0.2, 0.25) is 0 Å². The van der Waals surface area contributed by atoms with E-state index in [1.807, 2.05) is 30.5 Å². The van der Waals surface area contributed by atoms with Gasteiger partial charge in [0.25, 0.3) is 0 Å². The van der Waals surface area contributed by atoms with Crippen molar-refractivity contribution in [2.45, 2.75) is 11.0 Å². The Bertz CT molecular complexity index is 265. The number of hydrogen-bond acceptors (Lipinski definition) is 3. The van der Waals surface area contributed by atoms with Crippen LogP contribution in [0.4, 0.5) is 5.69 Å². The summed E-state index contributed by atoms with van der Waals surface area (Å²) < 4.78 is 0. The maximum atomic E-state index is 9.22. The average Bonchev–Trinajstić information content (AvgIpc) is 2.26. The molecular formula is C10H14ClNOS. The Morgan fingerprint density at radius 1 is 1.43 bits per heavy atom. The third-order valence-electron chi connectivity index (χ3n) is 1.81. The largest absolute Gasteiger partial charge is 0.390 e. The normalized spacial score (nSPS) is 12.5. The van der Waals surface area contributed by atoms with E-state index in [1.54, 1.807) is 11.8 Å². The van der Waals surface area contributed by atoms with Crippen molar-refractivity contribution in [1.29, 1.82) is 0 Å². The van der Waals surface area contributed by atoms with Crippen molar-refractivity contribution in [3.05, 3.63) is 24.3 Å². The van der Waals surface area contributed by atoms with Crippen LogP contribution in [0.1, 0.15) is 0 Å². The molecule has 1 aromatic rings. The van der Waals surface area contributed by atoms with E-state index in [-0.39, 0.29) is 5.88 Å². The maximum absolute atomic E-state index is 9.22. The smallest absolute Gasteiger partial charge is 0.0847 e. The second-order valence-electron chi connectivity index (χ2n) is 2.92. The van der Waals surface area contributed by atoms with Crippen molar-refractivity contribution in [2.75, 3.05) is 24.0 Å². The minimum atomic E-state index is -0.489. The molecule has 0 amide bonds. The van der Waals surface area contributed by atoms with Gasteiger partial charge in [-0.2, -0.15) is 0 Å². The van der Waals surface area contributed by atoms with Crippen molar-refractivity contribution in [3.63, 3.8) is 0 Å². The highest BCUT2D eigenvalue weighted by Gasteiger charge is 2.00. The molecule has 1 atom stereocenters. The monoisotopic (exact) mass is 231 g/mol. The standard InChI is InChI=1S/C10H14ClNOS/c1-14-10-4-2-8(3-5-10)12-7-9(13)6-11/h2-5,9,12-13H,6-7H2,1H3. The number of hydrogen-bond donors (Lipinski definition) is 2. The summed E-state index contributed by atoms with van der Waals surface area (Å²) in [5.74, 6) is 0.260. The number of thioether (sulfide) groups is 1. The third-order valence-corrected chi connectivity index (χ3v) is 2.91. The zero-order valence-corrected chi connectivity index (χ0v) is 9.61. The van der Waals surface area contributed by atoms with E-state index >= 15 is 0 Å². The van der Waals surface area contributed by atoms with Crippen LogP contribution in [0.25, 0.3) is 0 Å². The number of rotatable bonds is 5. The van der Waals surface area contributed by atoms with Gasteiger partial charge in [-0.05, 0) is 30.5 Å². The summed E-state index contributed by atoms with van der Waals surface area (Å²) in [5.41, 5.74) is 1.01. The van der Waals surface area contributed by atoms with E-state index in [9.17, 15) is 5.11 Å². The number of aliphatic hydroxyl groups is 1. The lowest BCUT2D eigenvalue weighted by Crippen LogP contribution is -2.20. The van der Waals surface area contributed by atoms with E-state index < -0.39 is 6.10 Å². The molecule has 14 heavy (non-hydrogen) atoms. The SMILES string of the molecule is CSc1ccc(NCC(O)CCl)cc1.